The molecule has 0 unspecified atom stereocenters. The smallest absolute Gasteiger partial charge is 0.212 e. The van der Waals surface area contributed by atoms with Crippen LogP contribution in [0.3, 0.4) is 0 Å². The fourth-order valence-corrected chi connectivity index (χ4v) is 5.66. The number of aryl methyl sites for hydroxylation is 1. The quantitative estimate of drug-likeness (QED) is 0.838. The summed E-state index contributed by atoms with van der Waals surface area (Å²) in [6, 6.07) is 8.58. The van der Waals surface area contributed by atoms with Crippen molar-refractivity contribution in [3.8, 4) is 0 Å². The molecule has 0 radical (unpaired) electrons. The Morgan fingerprint density at radius 3 is 2.25 bits per heavy atom. The molecule has 1 heterocycles. The molecule has 0 spiro atoms. The third-order valence-electron chi connectivity index (χ3n) is 4.84. The summed E-state index contributed by atoms with van der Waals surface area (Å²) in [4.78, 5) is 0. The molecule has 0 bridgehead atoms. The van der Waals surface area contributed by atoms with Crippen molar-refractivity contribution in [1.82, 2.24) is 4.31 Å². The van der Waals surface area contributed by atoms with E-state index < -0.39 is 10.0 Å². The van der Waals surface area contributed by atoms with Gasteiger partial charge in [0, 0.05) is 6.04 Å². The molecule has 0 aromatic heterocycles. The standard InChI is InChI=1S/C16H23NO2S/c1-12-8-10-14(11-9-12)16-13(2)20(18,19)17(16)15-6-4-3-5-7-15/h8-11,13,15-16H,3-7H2,1-2H3/t13-,16+/m1/s1. The summed E-state index contributed by atoms with van der Waals surface area (Å²) in [5.41, 5.74) is 2.36. The van der Waals surface area contributed by atoms with E-state index in [1.54, 1.807) is 0 Å². The summed E-state index contributed by atoms with van der Waals surface area (Å²) >= 11 is 0. The number of sulfonamides is 1. The van der Waals surface area contributed by atoms with Gasteiger partial charge in [-0.1, -0.05) is 49.1 Å². The SMILES string of the molecule is Cc1ccc([C@@H]2[C@@H](C)S(=O)(=O)N2C2CCCCC2)cc1. The molecule has 2 atom stereocenters. The van der Waals surface area contributed by atoms with E-state index in [-0.39, 0.29) is 17.3 Å². The first kappa shape index (κ1) is 14.1. The van der Waals surface area contributed by atoms with E-state index in [1.807, 2.05) is 11.2 Å². The largest absolute Gasteiger partial charge is 0.219 e. The van der Waals surface area contributed by atoms with E-state index in [1.165, 1.54) is 12.0 Å². The molecular formula is C16H23NO2S. The molecule has 1 aliphatic carbocycles. The lowest BCUT2D eigenvalue weighted by atomic mass is 9.93. The first-order chi connectivity index (χ1) is 9.51. The highest BCUT2D eigenvalue weighted by Crippen LogP contribution is 2.46. The van der Waals surface area contributed by atoms with Crippen molar-refractivity contribution in [3.05, 3.63) is 35.4 Å². The molecule has 4 heteroatoms. The Labute approximate surface area is 122 Å². The van der Waals surface area contributed by atoms with E-state index in [0.717, 1.165) is 31.2 Å². The van der Waals surface area contributed by atoms with Gasteiger partial charge in [0.05, 0.1) is 11.3 Å². The van der Waals surface area contributed by atoms with Gasteiger partial charge in [0.25, 0.3) is 0 Å². The monoisotopic (exact) mass is 293 g/mol. The van der Waals surface area contributed by atoms with Crippen LogP contribution in [0.15, 0.2) is 24.3 Å². The van der Waals surface area contributed by atoms with Gasteiger partial charge in [-0.25, -0.2) is 8.42 Å². The second-order valence-electron chi connectivity index (χ2n) is 6.23. The van der Waals surface area contributed by atoms with Crippen molar-refractivity contribution in [2.24, 2.45) is 0 Å². The molecule has 1 saturated carbocycles. The van der Waals surface area contributed by atoms with Gasteiger partial charge in [-0.2, -0.15) is 4.31 Å². The van der Waals surface area contributed by atoms with Crippen LogP contribution in [0, 0.1) is 6.92 Å². The molecule has 3 rings (SSSR count). The van der Waals surface area contributed by atoms with E-state index in [4.69, 9.17) is 0 Å². The molecular weight excluding hydrogens is 270 g/mol. The second-order valence-corrected chi connectivity index (χ2v) is 8.42. The van der Waals surface area contributed by atoms with Gasteiger partial charge in [-0.3, -0.25) is 0 Å². The number of rotatable bonds is 2. The van der Waals surface area contributed by atoms with Gasteiger partial charge >= 0.3 is 0 Å². The molecule has 0 amide bonds. The van der Waals surface area contributed by atoms with Crippen LogP contribution >= 0.6 is 0 Å². The van der Waals surface area contributed by atoms with E-state index in [0.29, 0.717) is 0 Å². The second kappa shape index (κ2) is 5.15. The topological polar surface area (TPSA) is 37.4 Å². The van der Waals surface area contributed by atoms with Gasteiger partial charge < -0.3 is 0 Å². The average Bonchev–Trinajstić information content (AvgIpc) is 2.46. The molecule has 1 aromatic carbocycles. The molecule has 0 N–H and O–H groups in total. The predicted molar refractivity (Wildman–Crippen MR) is 81.0 cm³/mol. The van der Waals surface area contributed by atoms with Gasteiger partial charge in [-0.05, 0) is 32.3 Å². The van der Waals surface area contributed by atoms with Gasteiger partial charge in [0.15, 0.2) is 0 Å². The highest BCUT2D eigenvalue weighted by molar-refractivity contribution is 7.91. The number of hydrogen-bond donors (Lipinski definition) is 0. The minimum absolute atomic E-state index is 0.0451. The molecule has 110 valence electrons. The van der Waals surface area contributed by atoms with E-state index in [2.05, 4.69) is 31.2 Å². The Balaban J connectivity index is 1.90. The summed E-state index contributed by atoms with van der Waals surface area (Å²) in [6.07, 6.45) is 5.61. The normalized spacial score (nSPS) is 30.9. The summed E-state index contributed by atoms with van der Waals surface area (Å²) in [5, 5.41) is -0.285. The number of nitrogens with zero attached hydrogens (tertiary/aromatic N) is 1. The summed E-state index contributed by atoms with van der Waals surface area (Å²) in [5.74, 6) is 0. The van der Waals surface area contributed by atoms with Crippen LogP contribution in [0.25, 0.3) is 0 Å². The van der Waals surface area contributed by atoms with Gasteiger partial charge in [-0.15, -0.1) is 0 Å². The predicted octanol–water partition coefficient (Wildman–Crippen LogP) is 3.40. The Hall–Kier alpha value is -0.870. The van der Waals surface area contributed by atoms with Crippen molar-refractivity contribution in [2.75, 3.05) is 0 Å². The lowest BCUT2D eigenvalue weighted by molar-refractivity contribution is 0.160. The maximum Gasteiger partial charge on any atom is 0.219 e. The lowest BCUT2D eigenvalue weighted by Gasteiger charge is -2.50. The van der Waals surface area contributed by atoms with Crippen LogP contribution in [0.5, 0.6) is 0 Å². The fraction of sp³-hybridized carbons (Fsp3) is 0.625. The maximum absolute atomic E-state index is 12.4. The first-order valence-electron chi connectivity index (χ1n) is 7.61. The summed E-state index contributed by atoms with van der Waals surface area (Å²) in [7, 11) is -3.07. The van der Waals surface area contributed by atoms with Crippen LogP contribution in [0.1, 0.15) is 56.2 Å². The lowest BCUT2D eigenvalue weighted by Crippen LogP contribution is -2.60. The van der Waals surface area contributed by atoms with Crippen LogP contribution in [0.2, 0.25) is 0 Å². The zero-order chi connectivity index (χ0) is 14.3. The third kappa shape index (κ3) is 2.19. The van der Waals surface area contributed by atoms with Gasteiger partial charge in [0.2, 0.25) is 10.0 Å². The number of benzene rings is 1. The highest BCUT2D eigenvalue weighted by atomic mass is 32.2. The van der Waals surface area contributed by atoms with Crippen LogP contribution in [-0.4, -0.2) is 24.0 Å². The third-order valence-corrected chi connectivity index (χ3v) is 7.15. The Bertz CT molecular complexity index is 573. The minimum Gasteiger partial charge on any atom is -0.212 e. The minimum atomic E-state index is -3.07. The van der Waals surface area contributed by atoms with E-state index >= 15 is 0 Å². The first-order valence-corrected chi connectivity index (χ1v) is 9.11. The van der Waals surface area contributed by atoms with Crippen LogP contribution in [-0.2, 0) is 10.0 Å². The Morgan fingerprint density at radius 2 is 1.65 bits per heavy atom. The van der Waals surface area contributed by atoms with Crippen LogP contribution < -0.4 is 0 Å². The summed E-state index contributed by atoms with van der Waals surface area (Å²) < 4.78 is 26.7. The van der Waals surface area contributed by atoms with Crippen molar-refractivity contribution in [1.29, 1.82) is 0 Å². The molecule has 20 heavy (non-hydrogen) atoms. The molecule has 2 aliphatic rings. The fourth-order valence-electron chi connectivity index (χ4n) is 3.61. The molecule has 3 nitrogen and oxygen atoms in total. The van der Waals surface area contributed by atoms with Gasteiger partial charge in [0.1, 0.15) is 0 Å². The van der Waals surface area contributed by atoms with Crippen molar-refractivity contribution in [3.63, 3.8) is 0 Å². The number of hydrogen-bond acceptors (Lipinski definition) is 2. The molecule has 1 saturated heterocycles. The van der Waals surface area contributed by atoms with Crippen LogP contribution in [0.4, 0.5) is 0 Å². The zero-order valence-electron chi connectivity index (χ0n) is 12.2. The van der Waals surface area contributed by atoms with E-state index in [9.17, 15) is 8.42 Å². The molecule has 2 fully saturated rings. The Kier molecular flexibility index (Phi) is 3.63. The van der Waals surface area contributed by atoms with Crippen molar-refractivity contribution in [2.45, 2.75) is 63.3 Å². The van der Waals surface area contributed by atoms with Crippen molar-refractivity contribution < 1.29 is 8.42 Å². The molecule has 1 aliphatic heterocycles. The Morgan fingerprint density at radius 1 is 1.05 bits per heavy atom. The average molecular weight is 293 g/mol. The summed E-state index contributed by atoms with van der Waals surface area (Å²) in [6.45, 7) is 3.91. The van der Waals surface area contributed by atoms with Crippen molar-refractivity contribution >= 4 is 10.0 Å². The molecule has 1 aromatic rings. The highest BCUT2D eigenvalue weighted by Gasteiger charge is 2.54. The zero-order valence-corrected chi connectivity index (χ0v) is 13.1. The maximum atomic E-state index is 12.4.